The molecule has 6 heteroatoms. The van der Waals surface area contributed by atoms with Crippen LogP contribution < -0.4 is 5.32 Å². The van der Waals surface area contributed by atoms with E-state index in [9.17, 15) is 14.9 Å². The zero-order valence-electron chi connectivity index (χ0n) is 12.0. The summed E-state index contributed by atoms with van der Waals surface area (Å²) in [4.78, 5) is 22.5. The molecule has 2 aromatic rings. The molecule has 1 amide bonds. The third kappa shape index (κ3) is 3.00. The van der Waals surface area contributed by atoms with Gasteiger partial charge in [0.05, 0.1) is 4.92 Å². The van der Waals surface area contributed by atoms with E-state index in [1.165, 1.54) is 12.1 Å². The molecule has 0 saturated heterocycles. The fourth-order valence-electron chi connectivity index (χ4n) is 2.71. The van der Waals surface area contributed by atoms with E-state index < -0.39 is 4.92 Å². The quantitative estimate of drug-likeness (QED) is 0.691. The van der Waals surface area contributed by atoms with Crippen LogP contribution in [0.5, 0.6) is 0 Å². The van der Waals surface area contributed by atoms with Gasteiger partial charge < -0.3 is 9.73 Å². The summed E-state index contributed by atoms with van der Waals surface area (Å²) in [5.41, 5.74) is 0.569. The maximum atomic E-state index is 12.1. The number of hydrogen-bond acceptors (Lipinski definition) is 4. The molecule has 0 unspecified atom stereocenters. The van der Waals surface area contributed by atoms with Crippen LogP contribution in [0.2, 0.25) is 0 Å². The minimum absolute atomic E-state index is 0.00847. The topological polar surface area (TPSA) is 85.4 Å². The SMILES string of the molecule is O=C(NC1CCCC1)c1ccc(-c2cccc([N+](=O)[O-])c2)o1. The molecule has 6 nitrogen and oxygen atoms in total. The Balaban J connectivity index is 1.76. The zero-order valence-corrected chi connectivity index (χ0v) is 12.0. The molecule has 0 radical (unpaired) electrons. The summed E-state index contributed by atoms with van der Waals surface area (Å²) in [6.45, 7) is 0. The summed E-state index contributed by atoms with van der Waals surface area (Å²) in [5.74, 6) is 0.442. The maximum absolute atomic E-state index is 12.1. The van der Waals surface area contributed by atoms with Crippen LogP contribution in [-0.4, -0.2) is 16.9 Å². The Bertz CT molecular complexity index is 702. The van der Waals surface area contributed by atoms with E-state index in [4.69, 9.17) is 4.42 Å². The summed E-state index contributed by atoms with van der Waals surface area (Å²) in [5, 5.41) is 13.8. The van der Waals surface area contributed by atoms with Gasteiger partial charge >= 0.3 is 0 Å². The van der Waals surface area contributed by atoms with Crippen LogP contribution in [0.3, 0.4) is 0 Å². The highest BCUT2D eigenvalue weighted by atomic mass is 16.6. The molecule has 1 aliphatic rings. The number of benzene rings is 1. The van der Waals surface area contributed by atoms with E-state index in [-0.39, 0.29) is 23.4 Å². The highest BCUT2D eigenvalue weighted by Gasteiger charge is 2.20. The number of carbonyl (C=O) groups excluding carboxylic acids is 1. The van der Waals surface area contributed by atoms with Crippen LogP contribution in [0, 0.1) is 10.1 Å². The second-order valence-corrected chi connectivity index (χ2v) is 5.43. The van der Waals surface area contributed by atoms with Crippen molar-refractivity contribution < 1.29 is 14.1 Å². The van der Waals surface area contributed by atoms with Gasteiger partial charge in [0, 0.05) is 23.7 Å². The molecule has 0 bridgehead atoms. The smallest absolute Gasteiger partial charge is 0.287 e. The molecule has 22 heavy (non-hydrogen) atoms. The summed E-state index contributed by atoms with van der Waals surface area (Å²) in [7, 11) is 0. The highest BCUT2D eigenvalue weighted by Crippen LogP contribution is 2.26. The zero-order chi connectivity index (χ0) is 15.5. The number of carbonyl (C=O) groups is 1. The third-order valence-corrected chi connectivity index (χ3v) is 3.86. The summed E-state index contributed by atoms with van der Waals surface area (Å²) >= 11 is 0. The molecular formula is C16H16N2O4. The number of nitrogens with one attached hydrogen (secondary N) is 1. The predicted octanol–water partition coefficient (Wildman–Crippen LogP) is 3.53. The van der Waals surface area contributed by atoms with Gasteiger partial charge in [0.2, 0.25) is 0 Å². The molecule has 1 aromatic carbocycles. The number of hydrogen-bond donors (Lipinski definition) is 1. The lowest BCUT2D eigenvalue weighted by Crippen LogP contribution is -2.32. The molecule has 0 atom stereocenters. The van der Waals surface area contributed by atoms with Crippen molar-refractivity contribution in [3.05, 3.63) is 52.3 Å². The summed E-state index contributed by atoms with van der Waals surface area (Å²) in [6, 6.07) is 9.62. The first kappa shape index (κ1) is 14.3. The van der Waals surface area contributed by atoms with Crippen LogP contribution in [-0.2, 0) is 0 Å². The van der Waals surface area contributed by atoms with Crippen molar-refractivity contribution in [3.8, 4) is 11.3 Å². The molecule has 3 rings (SSSR count). The molecule has 0 spiro atoms. The Morgan fingerprint density at radius 3 is 2.73 bits per heavy atom. The second kappa shape index (κ2) is 6.01. The van der Waals surface area contributed by atoms with Crippen LogP contribution in [0.25, 0.3) is 11.3 Å². The predicted molar refractivity (Wildman–Crippen MR) is 80.5 cm³/mol. The lowest BCUT2D eigenvalue weighted by molar-refractivity contribution is -0.384. The van der Waals surface area contributed by atoms with E-state index >= 15 is 0 Å². The first-order valence-corrected chi connectivity index (χ1v) is 7.29. The van der Waals surface area contributed by atoms with Gasteiger partial charge in [0.25, 0.3) is 11.6 Å². The Hall–Kier alpha value is -2.63. The molecule has 1 fully saturated rings. The molecule has 0 aliphatic heterocycles. The third-order valence-electron chi connectivity index (χ3n) is 3.86. The first-order valence-electron chi connectivity index (χ1n) is 7.29. The molecule has 1 N–H and O–H groups in total. The van der Waals surface area contributed by atoms with E-state index in [1.807, 2.05) is 0 Å². The van der Waals surface area contributed by atoms with Gasteiger partial charge in [-0.2, -0.15) is 0 Å². The van der Waals surface area contributed by atoms with Gasteiger partial charge in [0.15, 0.2) is 5.76 Å². The number of nitrogens with zero attached hydrogens (tertiary/aromatic N) is 1. The molecule has 1 aliphatic carbocycles. The number of rotatable bonds is 4. The van der Waals surface area contributed by atoms with Crippen LogP contribution >= 0.6 is 0 Å². The summed E-state index contributed by atoms with van der Waals surface area (Å²) < 4.78 is 5.54. The number of nitro groups is 1. The monoisotopic (exact) mass is 300 g/mol. The minimum Gasteiger partial charge on any atom is -0.451 e. The fourth-order valence-corrected chi connectivity index (χ4v) is 2.71. The normalized spacial score (nSPS) is 14.9. The van der Waals surface area contributed by atoms with Crippen molar-refractivity contribution in [1.29, 1.82) is 0 Å². The van der Waals surface area contributed by atoms with Gasteiger partial charge in [-0.25, -0.2) is 0 Å². The highest BCUT2D eigenvalue weighted by molar-refractivity contribution is 5.92. The van der Waals surface area contributed by atoms with Crippen molar-refractivity contribution in [3.63, 3.8) is 0 Å². The second-order valence-electron chi connectivity index (χ2n) is 5.43. The van der Waals surface area contributed by atoms with Crippen molar-refractivity contribution >= 4 is 11.6 Å². The molecule has 1 aromatic heterocycles. The van der Waals surface area contributed by atoms with Crippen molar-refractivity contribution in [2.45, 2.75) is 31.7 Å². The average molecular weight is 300 g/mol. The molecule has 1 saturated carbocycles. The van der Waals surface area contributed by atoms with Gasteiger partial charge in [-0.15, -0.1) is 0 Å². The fraction of sp³-hybridized carbons (Fsp3) is 0.312. The Morgan fingerprint density at radius 1 is 1.23 bits per heavy atom. The van der Waals surface area contributed by atoms with Crippen molar-refractivity contribution in [2.24, 2.45) is 0 Å². The van der Waals surface area contributed by atoms with Crippen LogP contribution in [0.1, 0.15) is 36.2 Å². The largest absolute Gasteiger partial charge is 0.451 e. The number of non-ortho nitro benzene ring substituents is 1. The maximum Gasteiger partial charge on any atom is 0.287 e. The van der Waals surface area contributed by atoms with Crippen LogP contribution in [0.15, 0.2) is 40.8 Å². The number of amides is 1. The van der Waals surface area contributed by atoms with E-state index in [1.54, 1.807) is 24.3 Å². The van der Waals surface area contributed by atoms with Crippen molar-refractivity contribution in [2.75, 3.05) is 0 Å². The van der Waals surface area contributed by atoms with E-state index in [0.717, 1.165) is 25.7 Å². The van der Waals surface area contributed by atoms with Crippen molar-refractivity contribution in [1.82, 2.24) is 5.32 Å². The Morgan fingerprint density at radius 2 is 2.00 bits per heavy atom. The van der Waals surface area contributed by atoms with Gasteiger partial charge in [-0.05, 0) is 25.0 Å². The van der Waals surface area contributed by atoms with Gasteiger partial charge in [-0.3, -0.25) is 14.9 Å². The van der Waals surface area contributed by atoms with E-state index in [0.29, 0.717) is 11.3 Å². The standard InChI is InChI=1S/C16H16N2O4/c19-16(17-12-5-1-2-6-12)15-9-8-14(22-15)11-4-3-7-13(10-11)18(20)21/h3-4,7-10,12H,1-2,5-6H2,(H,17,19). The lowest BCUT2D eigenvalue weighted by atomic mass is 10.1. The number of nitro benzene ring substituents is 1. The molecule has 114 valence electrons. The molecular weight excluding hydrogens is 284 g/mol. The summed E-state index contributed by atoms with van der Waals surface area (Å²) in [6.07, 6.45) is 4.29. The minimum atomic E-state index is -0.458. The van der Waals surface area contributed by atoms with E-state index in [2.05, 4.69) is 5.32 Å². The first-order chi connectivity index (χ1) is 10.6. The Labute approximate surface area is 127 Å². The van der Waals surface area contributed by atoms with Crippen LogP contribution in [0.4, 0.5) is 5.69 Å². The van der Waals surface area contributed by atoms with Gasteiger partial charge in [-0.1, -0.05) is 25.0 Å². The number of furan rings is 1. The lowest BCUT2D eigenvalue weighted by Gasteiger charge is -2.09. The average Bonchev–Trinajstić information content (AvgIpc) is 3.18. The Kier molecular flexibility index (Phi) is 3.91. The molecule has 1 heterocycles. The van der Waals surface area contributed by atoms with Gasteiger partial charge in [0.1, 0.15) is 5.76 Å².